The Hall–Kier alpha value is -1.16. The molecule has 0 spiro atoms. The lowest BCUT2D eigenvalue weighted by Crippen LogP contribution is -2.50. The zero-order valence-corrected chi connectivity index (χ0v) is 13.6. The molecule has 1 aromatic carbocycles. The standard InChI is InChI=1S/C17H24N2OS/c1-18-11-14-7-3-4-8-15(14)19(16(18)20)12-17(13-21)9-5-2-6-10-17/h3-4,7-8,21H,2,5-6,9-13H2,1H3. The first-order chi connectivity index (χ1) is 10.2. The molecule has 0 bridgehead atoms. The molecule has 4 heteroatoms. The summed E-state index contributed by atoms with van der Waals surface area (Å²) in [6, 6.07) is 8.41. The van der Waals surface area contributed by atoms with E-state index in [0.29, 0.717) is 6.54 Å². The average molecular weight is 304 g/mol. The van der Waals surface area contributed by atoms with Gasteiger partial charge in [0.15, 0.2) is 0 Å². The van der Waals surface area contributed by atoms with Crippen LogP contribution >= 0.6 is 12.6 Å². The number of hydrogen-bond acceptors (Lipinski definition) is 2. The van der Waals surface area contributed by atoms with Crippen molar-refractivity contribution in [1.29, 1.82) is 0 Å². The van der Waals surface area contributed by atoms with E-state index in [4.69, 9.17) is 0 Å². The number of urea groups is 1. The summed E-state index contributed by atoms with van der Waals surface area (Å²) < 4.78 is 0. The van der Waals surface area contributed by atoms with Crippen LogP contribution in [0.5, 0.6) is 0 Å². The van der Waals surface area contributed by atoms with Gasteiger partial charge in [-0.25, -0.2) is 4.79 Å². The Morgan fingerprint density at radius 2 is 1.90 bits per heavy atom. The Bertz CT molecular complexity index is 525. The summed E-state index contributed by atoms with van der Waals surface area (Å²) in [5, 5.41) is 0. The minimum Gasteiger partial charge on any atom is -0.323 e. The van der Waals surface area contributed by atoms with Crippen LogP contribution in [0.2, 0.25) is 0 Å². The SMILES string of the molecule is CN1Cc2ccccc2N(CC2(CS)CCCCC2)C1=O. The quantitative estimate of drug-likeness (QED) is 0.840. The number of carbonyl (C=O) groups excluding carboxylic acids is 1. The topological polar surface area (TPSA) is 23.6 Å². The number of hydrogen-bond donors (Lipinski definition) is 1. The molecule has 1 aromatic rings. The van der Waals surface area contributed by atoms with Gasteiger partial charge in [-0.2, -0.15) is 12.6 Å². The Morgan fingerprint density at radius 3 is 2.62 bits per heavy atom. The fourth-order valence-electron chi connectivity index (χ4n) is 3.70. The minimum atomic E-state index is 0.125. The third kappa shape index (κ3) is 2.78. The van der Waals surface area contributed by atoms with Gasteiger partial charge in [-0.1, -0.05) is 37.5 Å². The maximum atomic E-state index is 12.6. The van der Waals surface area contributed by atoms with E-state index in [0.717, 1.165) is 18.0 Å². The highest BCUT2D eigenvalue weighted by molar-refractivity contribution is 7.80. The van der Waals surface area contributed by atoms with Crippen LogP contribution in [0.25, 0.3) is 0 Å². The van der Waals surface area contributed by atoms with Crippen LogP contribution in [0, 0.1) is 5.41 Å². The molecule has 0 atom stereocenters. The first-order valence-electron chi connectivity index (χ1n) is 7.87. The van der Waals surface area contributed by atoms with E-state index in [1.807, 2.05) is 22.9 Å². The lowest BCUT2D eigenvalue weighted by Gasteiger charge is -2.43. The highest BCUT2D eigenvalue weighted by Crippen LogP contribution is 2.40. The van der Waals surface area contributed by atoms with Crippen molar-refractivity contribution in [2.75, 3.05) is 24.2 Å². The Morgan fingerprint density at radius 1 is 1.19 bits per heavy atom. The lowest BCUT2D eigenvalue weighted by molar-refractivity contribution is 0.193. The van der Waals surface area contributed by atoms with Crippen LogP contribution in [0.1, 0.15) is 37.7 Å². The highest BCUT2D eigenvalue weighted by atomic mass is 32.1. The maximum Gasteiger partial charge on any atom is 0.324 e. The molecule has 0 aromatic heterocycles. The van der Waals surface area contributed by atoms with Gasteiger partial charge in [0.05, 0.1) is 5.69 Å². The maximum absolute atomic E-state index is 12.6. The molecule has 2 aliphatic rings. The zero-order chi connectivity index (χ0) is 14.9. The Labute approximate surface area is 132 Å². The van der Waals surface area contributed by atoms with Gasteiger partial charge in [0.2, 0.25) is 0 Å². The summed E-state index contributed by atoms with van der Waals surface area (Å²) in [4.78, 5) is 16.5. The molecule has 114 valence electrons. The fourth-order valence-corrected chi connectivity index (χ4v) is 4.11. The largest absolute Gasteiger partial charge is 0.324 e. The van der Waals surface area contributed by atoms with E-state index in [1.165, 1.54) is 37.7 Å². The van der Waals surface area contributed by atoms with Crippen molar-refractivity contribution in [2.24, 2.45) is 5.41 Å². The van der Waals surface area contributed by atoms with Crippen molar-refractivity contribution < 1.29 is 4.79 Å². The molecule has 3 nitrogen and oxygen atoms in total. The van der Waals surface area contributed by atoms with Crippen LogP contribution < -0.4 is 4.90 Å². The molecular formula is C17H24N2OS. The summed E-state index contributed by atoms with van der Waals surface area (Å²) in [6.45, 7) is 1.51. The van der Waals surface area contributed by atoms with E-state index >= 15 is 0 Å². The predicted molar refractivity (Wildman–Crippen MR) is 90.0 cm³/mol. The zero-order valence-electron chi connectivity index (χ0n) is 12.7. The Kier molecular flexibility index (Phi) is 4.16. The third-order valence-electron chi connectivity index (χ3n) is 4.99. The number of carbonyl (C=O) groups is 1. The molecule has 3 rings (SSSR count). The molecular weight excluding hydrogens is 280 g/mol. The molecule has 1 fully saturated rings. The van der Waals surface area contributed by atoms with E-state index in [-0.39, 0.29) is 11.4 Å². The monoisotopic (exact) mass is 304 g/mol. The number of amides is 2. The number of anilines is 1. The van der Waals surface area contributed by atoms with Gasteiger partial charge in [-0.05, 0) is 35.6 Å². The van der Waals surface area contributed by atoms with Crippen LogP contribution in [0.3, 0.4) is 0 Å². The van der Waals surface area contributed by atoms with Crippen LogP contribution in [-0.2, 0) is 6.54 Å². The number of rotatable bonds is 3. The summed E-state index contributed by atoms with van der Waals surface area (Å²) >= 11 is 4.62. The molecule has 0 saturated heterocycles. The second-order valence-electron chi connectivity index (χ2n) is 6.57. The smallest absolute Gasteiger partial charge is 0.323 e. The van der Waals surface area contributed by atoms with Crippen LogP contribution in [0.15, 0.2) is 24.3 Å². The third-order valence-corrected chi connectivity index (χ3v) is 5.66. The van der Waals surface area contributed by atoms with Gasteiger partial charge in [-0.15, -0.1) is 0 Å². The molecule has 2 amide bonds. The summed E-state index contributed by atoms with van der Waals surface area (Å²) in [6.07, 6.45) is 6.22. The second kappa shape index (κ2) is 5.91. The molecule has 1 aliphatic carbocycles. The molecule has 0 unspecified atom stereocenters. The number of thiol groups is 1. The number of nitrogens with zero attached hydrogens (tertiary/aromatic N) is 2. The van der Waals surface area contributed by atoms with Gasteiger partial charge in [0.1, 0.15) is 0 Å². The number of fused-ring (bicyclic) bond motifs is 1. The van der Waals surface area contributed by atoms with Crippen molar-refractivity contribution in [3.05, 3.63) is 29.8 Å². The van der Waals surface area contributed by atoms with Crippen LogP contribution in [-0.4, -0.2) is 30.3 Å². The Balaban J connectivity index is 1.91. The predicted octanol–water partition coefficient (Wildman–Crippen LogP) is 3.94. The van der Waals surface area contributed by atoms with Crippen molar-refractivity contribution in [2.45, 2.75) is 38.6 Å². The first-order valence-corrected chi connectivity index (χ1v) is 8.50. The van der Waals surface area contributed by atoms with Crippen molar-refractivity contribution in [3.8, 4) is 0 Å². The molecule has 21 heavy (non-hydrogen) atoms. The van der Waals surface area contributed by atoms with Crippen LogP contribution in [0.4, 0.5) is 10.5 Å². The van der Waals surface area contributed by atoms with Crippen molar-refractivity contribution in [1.82, 2.24) is 4.90 Å². The summed E-state index contributed by atoms with van der Waals surface area (Å²) in [5.41, 5.74) is 2.51. The van der Waals surface area contributed by atoms with Gasteiger partial charge < -0.3 is 4.90 Å². The molecule has 0 N–H and O–H groups in total. The second-order valence-corrected chi connectivity index (χ2v) is 6.89. The summed E-state index contributed by atoms with van der Waals surface area (Å²) in [5.74, 6) is 0.864. The van der Waals surface area contributed by atoms with Crippen molar-refractivity contribution >= 4 is 24.3 Å². The molecule has 1 saturated carbocycles. The normalized spacial score (nSPS) is 21.3. The van der Waals surface area contributed by atoms with Gasteiger partial charge in [0, 0.05) is 20.1 Å². The van der Waals surface area contributed by atoms with E-state index in [9.17, 15) is 4.79 Å². The lowest BCUT2D eigenvalue weighted by atomic mass is 9.75. The molecule has 1 aliphatic heterocycles. The summed E-state index contributed by atoms with van der Waals surface area (Å²) in [7, 11) is 1.89. The first kappa shape index (κ1) is 14.8. The van der Waals surface area contributed by atoms with Gasteiger partial charge >= 0.3 is 6.03 Å². The van der Waals surface area contributed by atoms with E-state index < -0.39 is 0 Å². The minimum absolute atomic E-state index is 0.125. The van der Waals surface area contributed by atoms with E-state index in [2.05, 4.69) is 30.8 Å². The number of benzene rings is 1. The average Bonchev–Trinajstić information content (AvgIpc) is 2.53. The molecule has 1 heterocycles. The fraction of sp³-hybridized carbons (Fsp3) is 0.588. The van der Waals surface area contributed by atoms with Gasteiger partial charge in [0.25, 0.3) is 0 Å². The number of para-hydroxylation sites is 1. The highest BCUT2D eigenvalue weighted by Gasteiger charge is 2.37. The van der Waals surface area contributed by atoms with Crippen molar-refractivity contribution in [3.63, 3.8) is 0 Å². The van der Waals surface area contributed by atoms with E-state index in [1.54, 1.807) is 0 Å². The molecule has 0 radical (unpaired) electrons. The van der Waals surface area contributed by atoms with Gasteiger partial charge in [-0.3, -0.25) is 4.90 Å².